The van der Waals surface area contributed by atoms with Gasteiger partial charge in [-0.2, -0.15) is 9.97 Å². The van der Waals surface area contributed by atoms with Gasteiger partial charge in [0, 0.05) is 32.0 Å². The summed E-state index contributed by atoms with van der Waals surface area (Å²) in [5, 5.41) is 31.4. The molecule has 13 heteroatoms. The number of alkyl carbamates (subject to hydrolysis) is 1. The molecule has 3 heterocycles. The molecule has 1 saturated carbocycles. The Kier molecular flexibility index (Phi) is 10.0. The van der Waals surface area contributed by atoms with Crippen LogP contribution in [0.15, 0.2) is 67.0 Å². The molecule has 0 radical (unpaired) electrons. The molecule has 1 saturated heterocycles. The highest BCUT2D eigenvalue weighted by atomic mass is 16.6. The van der Waals surface area contributed by atoms with Crippen LogP contribution in [-0.4, -0.2) is 91.3 Å². The zero-order chi connectivity index (χ0) is 34.7. The van der Waals surface area contributed by atoms with Gasteiger partial charge >= 0.3 is 6.09 Å². The van der Waals surface area contributed by atoms with E-state index in [0.717, 1.165) is 11.1 Å². The molecule has 2 aromatic heterocycles. The number of hydrogen-bond donors (Lipinski definition) is 5. The quantitative estimate of drug-likeness (QED) is 0.168. The van der Waals surface area contributed by atoms with Gasteiger partial charge in [0.1, 0.15) is 17.8 Å². The fourth-order valence-electron chi connectivity index (χ4n) is 6.68. The van der Waals surface area contributed by atoms with E-state index in [0.29, 0.717) is 55.4 Å². The summed E-state index contributed by atoms with van der Waals surface area (Å²) in [5.41, 5.74) is 2.70. The molecule has 0 unspecified atom stereocenters. The summed E-state index contributed by atoms with van der Waals surface area (Å²) in [4.78, 5) is 41.3. The van der Waals surface area contributed by atoms with E-state index in [2.05, 4.69) is 40.2 Å². The van der Waals surface area contributed by atoms with Crippen LogP contribution in [0.1, 0.15) is 70.0 Å². The standard InChI is InChI=1S/C36H46N8O5/c1-5-28(45)40-26-18-27(31(47)30(26)46)44-21-38-29-32(37-19-25(22-12-8-6-9-13-22)23-14-10-7-11-15-23)41-34(42-33(29)44)43-17-16-24(20-43)39-35(48)49-36(2,3)4/h6-15,21,24-27,30-31,46-47H,5,16-20H2,1-4H3,(H,39,48)(H,40,45)(H,37,41,42)/t24-,26+,27-,30-,31+/m1/s1. The number of nitrogens with zero attached hydrogens (tertiary/aromatic N) is 5. The van der Waals surface area contributed by atoms with Gasteiger partial charge in [0.25, 0.3) is 0 Å². The fraction of sp³-hybridized carbons (Fsp3) is 0.472. The molecular weight excluding hydrogens is 624 g/mol. The van der Waals surface area contributed by atoms with Crippen LogP contribution in [0.2, 0.25) is 0 Å². The summed E-state index contributed by atoms with van der Waals surface area (Å²) in [5.74, 6) is 0.799. The number of aromatic nitrogens is 4. The average Bonchev–Trinajstić information content (AvgIpc) is 3.79. The number of ether oxygens (including phenoxy) is 1. The third-order valence-electron chi connectivity index (χ3n) is 9.16. The van der Waals surface area contributed by atoms with Gasteiger partial charge in [-0.25, -0.2) is 9.78 Å². The van der Waals surface area contributed by atoms with E-state index in [9.17, 15) is 19.8 Å². The van der Waals surface area contributed by atoms with Crippen molar-refractivity contribution in [1.82, 2.24) is 30.2 Å². The Morgan fingerprint density at radius 2 is 1.65 bits per heavy atom. The van der Waals surface area contributed by atoms with Gasteiger partial charge in [-0.15, -0.1) is 0 Å². The number of carbonyl (C=O) groups excluding carboxylic acids is 2. The Morgan fingerprint density at radius 3 is 2.29 bits per heavy atom. The van der Waals surface area contributed by atoms with Crippen molar-refractivity contribution in [1.29, 1.82) is 0 Å². The highest BCUT2D eigenvalue weighted by Crippen LogP contribution is 2.35. The monoisotopic (exact) mass is 670 g/mol. The lowest BCUT2D eigenvalue weighted by Gasteiger charge is -2.23. The van der Waals surface area contributed by atoms with Crippen molar-refractivity contribution in [3.8, 4) is 0 Å². The van der Waals surface area contributed by atoms with Crippen molar-refractivity contribution < 1.29 is 24.5 Å². The lowest BCUT2D eigenvalue weighted by molar-refractivity contribution is -0.122. The number of aliphatic hydroxyl groups is 2. The van der Waals surface area contributed by atoms with Gasteiger partial charge < -0.3 is 40.4 Å². The summed E-state index contributed by atoms with van der Waals surface area (Å²) in [6.45, 7) is 8.83. The molecule has 1 aliphatic heterocycles. The van der Waals surface area contributed by atoms with Crippen molar-refractivity contribution in [2.75, 3.05) is 29.9 Å². The summed E-state index contributed by atoms with van der Waals surface area (Å²) < 4.78 is 7.25. The molecular formula is C36H46N8O5. The molecule has 5 atom stereocenters. The number of nitrogens with one attached hydrogen (secondary N) is 3. The first-order valence-electron chi connectivity index (χ1n) is 17.0. The van der Waals surface area contributed by atoms with Crippen molar-refractivity contribution >= 4 is 34.9 Å². The first kappa shape index (κ1) is 34.1. The molecule has 4 aromatic rings. The molecule has 5 N–H and O–H groups in total. The van der Waals surface area contributed by atoms with Gasteiger partial charge in [-0.1, -0.05) is 67.6 Å². The Bertz CT molecular complexity index is 1710. The molecule has 13 nitrogen and oxygen atoms in total. The van der Waals surface area contributed by atoms with Gasteiger partial charge in [0.15, 0.2) is 17.0 Å². The smallest absolute Gasteiger partial charge is 0.407 e. The normalized spacial score (nSPS) is 22.4. The van der Waals surface area contributed by atoms with Crippen molar-refractivity contribution in [2.45, 2.75) is 88.8 Å². The van der Waals surface area contributed by atoms with E-state index >= 15 is 0 Å². The van der Waals surface area contributed by atoms with Gasteiger partial charge in [-0.05, 0) is 44.7 Å². The van der Waals surface area contributed by atoms with Crippen LogP contribution < -0.4 is 20.9 Å². The molecule has 6 rings (SSSR count). The second-order valence-corrected chi connectivity index (χ2v) is 13.8. The molecule has 49 heavy (non-hydrogen) atoms. The van der Waals surface area contributed by atoms with Crippen LogP contribution in [-0.2, 0) is 9.53 Å². The number of anilines is 2. The maximum atomic E-state index is 12.5. The zero-order valence-corrected chi connectivity index (χ0v) is 28.4. The first-order valence-corrected chi connectivity index (χ1v) is 17.0. The highest BCUT2D eigenvalue weighted by molar-refractivity contribution is 5.85. The minimum absolute atomic E-state index is 0.0156. The van der Waals surface area contributed by atoms with Crippen LogP contribution in [0.5, 0.6) is 0 Å². The second kappa shape index (κ2) is 14.4. The maximum absolute atomic E-state index is 12.5. The van der Waals surface area contributed by atoms with Crippen LogP contribution in [0, 0.1) is 0 Å². The maximum Gasteiger partial charge on any atom is 0.407 e. The Labute approximate surface area is 286 Å². The summed E-state index contributed by atoms with van der Waals surface area (Å²) in [6, 6.07) is 19.2. The van der Waals surface area contributed by atoms with Crippen molar-refractivity contribution in [3.05, 3.63) is 78.1 Å². The summed E-state index contributed by atoms with van der Waals surface area (Å²) in [6.07, 6.45) is 0.105. The molecule has 260 valence electrons. The van der Waals surface area contributed by atoms with Gasteiger partial charge in [0.05, 0.1) is 24.5 Å². The van der Waals surface area contributed by atoms with E-state index in [-0.39, 0.29) is 24.3 Å². The number of benzene rings is 2. The number of aliphatic hydroxyl groups excluding tert-OH is 2. The van der Waals surface area contributed by atoms with Crippen LogP contribution >= 0.6 is 0 Å². The molecule has 2 aliphatic rings. The highest BCUT2D eigenvalue weighted by Gasteiger charge is 2.44. The largest absolute Gasteiger partial charge is 0.444 e. The SMILES string of the molecule is CCC(=O)N[C@H]1C[C@@H](n2cnc3c(NCC(c4ccccc4)c4ccccc4)nc(N4CC[C@@H](NC(=O)OC(C)(C)C)C4)nc32)[C@H](O)[C@@H]1O. The lowest BCUT2D eigenvalue weighted by atomic mass is 9.91. The number of carbonyl (C=O) groups is 2. The van der Waals surface area contributed by atoms with E-state index < -0.39 is 36.0 Å². The minimum Gasteiger partial charge on any atom is -0.444 e. The van der Waals surface area contributed by atoms with E-state index in [4.69, 9.17) is 19.7 Å². The van der Waals surface area contributed by atoms with Crippen molar-refractivity contribution in [2.24, 2.45) is 0 Å². The van der Waals surface area contributed by atoms with Crippen LogP contribution in [0.3, 0.4) is 0 Å². The number of amides is 2. The molecule has 1 aliphatic carbocycles. The molecule has 0 bridgehead atoms. The average molecular weight is 671 g/mol. The lowest BCUT2D eigenvalue weighted by Crippen LogP contribution is -2.42. The third-order valence-corrected chi connectivity index (χ3v) is 9.16. The third kappa shape index (κ3) is 7.78. The topological polar surface area (TPSA) is 167 Å². The fourth-order valence-corrected chi connectivity index (χ4v) is 6.68. The first-order chi connectivity index (χ1) is 23.5. The number of imidazole rings is 1. The van der Waals surface area contributed by atoms with E-state index in [1.165, 1.54) is 0 Å². The number of fused-ring (bicyclic) bond motifs is 1. The second-order valence-electron chi connectivity index (χ2n) is 13.8. The van der Waals surface area contributed by atoms with Crippen molar-refractivity contribution in [3.63, 3.8) is 0 Å². The predicted molar refractivity (Wildman–Crippen MR) is 186 cm³/mol. The Balaban J connectivity index is 1.33. The molecule has 2 fully saturated rings. The van der Waals surface area contributed by atoms with Crippen LogP contribution in [0.4, 0.5) is 16.6 Å². The van der Waals surface area contributed by atoms with Gasteiger partial charge in [0.2, 0.25) is 11.9 Å². The predicted octanol–water partition coefficient (Wildman–Crippen LogP) is 3.74. The van der Waals surface area contributed by atoms with E-state index in [1.54, 1.807) is 17.8 Å². The Hall–Kier alpha value is -4.75. The molecule has 2 aromatic carbocycles. The number of hydrogen-bond acceptors (Lipinski definition) is 10. The number of rotatable bonds is 10. The molecule has 0 spiro atoms. The van der Waals surface area contributed by atoms with Gasteiger partial charge in [-0.3, -0.25) is 4.79 Å². The zero-order valence-electron chi connectivity index (χ0n) is 28.4. The summed E-state index contributed by atoms with van der Waals surface area (Å²) in [7, 11) is 0. The summed E-state index contributed by atoms with van der Waals surface area (Å²) >= 11 is 0. The van der Waals surface area contributed by atoms with Crippen LogP contribution in [0.25, 0.3) is 11.2 Å². The minimum atomic E-state index is -1.15. The molecule has 2 amide bonds. The Morgan fingerprint density at radius 1 is 0.980 bits per heavy atom. The van der Waals surface area contributed by atoms with E-state index in [1.807, 2.05) is 62.1 Å².